The molecule has 0 unspecified atom stereocenters. The van der Waals surface area contributed by atoms with E-state index in [4.69, 9.17) is 14.2 Å². The number of allylic oxidation sites excluding steroid dienone is 4. The second-order valence-corrected chi connectivity index (χ2v) is 4.04. The molecule has 0 saturated heterocycles. The summed E-state index contributed by atoms with van der Waals surface area (Å²) < 4.78 is 15.8. The summed E-state index contributed by atoms with van der Waals surface area (Å²) in [6.45, 7) is 0. The Bertz CT molecular complexity index is 625. The topological polar surface area (TPSA) is 61.8 Å². The van der Waals surface area contributed by atoms with Crippen molar-refractivity contribution < 1.29 is 23.8 Å². The molecule has 5 heteroatoms. The van der Waals surface area contributed by atoms with Gasteiger partial charge in [-0.25, -0.2) is 0 Å². The molecule has 0 amide bonds. The van der Waals surface area contributed by atoms with Crippen LogP contribution in [0.4, 0.5) is 0 Å². The minimum atomic E-state index is -0.255. The molecule has 1 aliphatic carbocycles. The molecule has 0 aliphatic heterocycles. The molecule has 1 aliphatic rings. The fourth-order valence-electron chi connectivity index (χ4n) is 2.03. The van der Waals surface area contributed by atoms with Crippen molar-refractivity contribution in [2.75, 3.05) is 21.3 Å². The fraction of sp³-hybridized carbons (Fsp3) is 0.200. The predicted octanol–water partition coefficient (Wildman–Crippen LogP) is 1.80. The third-order valence-corrected chi connectivity index (χ3v) is 2.95. The molecule has 0 saturated carbocycles. The fourth-order valence-corrected chi connectivity index (χ4v) is 2.03. The molecule has 20 heavy (non-hydrogen) atoms. The Kier molecular flexibility index (Phi) is 3.89. The van der Waals surface area contributed by atoms with E-state index in [1.54, 1.807) is 12.1 Å². The molecule has 0 N–H and O–H groups in total. The van der Waals surface area contributed by atoms with Gasteiger partial charge in [0.25, 0.3) is 0 Å². The van der Waals surface area contributed by atoms with Crippen molar-refractivity contribution >= 4 is 17.1 Å². The van der Waals surface area contributed by atoms with Crippen LogP contribution in [0.5, 0.6) is 17.2 Å². The molecule has 0 aromatic heterocycles. The summed E-state index contributed by atoms with van der Waals surface area (Å²) >= 11 is 0. The normalized spacial score (nSPS) is 14.1. The first kappa shape index (κ1) is 13.9. The Hall–Kier alpha value is -2.56. The number of ketones is 2. The molecular weight excluding hydrogens is 260 g/mol. The van der Waals surface area contributed by atoms with E-state index in [1.807, 2.05) is 0 Å². The van der Waals surface area contributed by atoms with Gasteiger partial charge in [0.2, 0.25) is 5.75 Å². The number of ether oxygens (including phenoxy) is 3. The van der Waals surface area contributed by atoms with Crippen LogP contribution in [-0.4, -0.2) is 32.9 Å². The summed E-state index contributed by atoms with van der Waals surface area (Å²) in [6, 6.07) is 3.32. The Morgan fingerprint density at radius 3 is 2.15 bits per heavy atom. The lowest BCUT2D eigenvalue weighted by atomic mass is 9.95. The largest absolute Gasteiger partial charge is 0.493 e. The lowest BCUT2D eigenvalue weighted by Gasteiger charge is -2.17. The van der Waals surface area contributed by atoms with Crippen LogP contribution in [0.15, 0.2) is 30.4 Å². The first-order valence-corrected chi connectivity index (χ1v) is 5.89. The third kappa shape index (κ3) is 2.30. The lowest BCUT2D eigenvalue weighted by molar-refractivity contribution is -0.113. The van der Waals surface area contributed by atoms with Crippen LogP contribution in [0.3, 0.4) is 0 Å². The monoisotopic (exact) mass is 274 g/mol. The lowest BCUT2D eigenvalue weighted by Crippen LogP contribution is -2.08. The molecule has 0 bridgehead atoms. The Morgan fingerprint density at radius 2 is 1.55 bits per heavy atom. The van der Waals surface area contributed by atoms with Gasteiger partial charge in [-0.15, -0.1) is 0 Å². The van der Waals surface area contributed by atoms with Crippen molar-refractivity contribution in [3.63, 3.8) is 0 Å². The van der Waals surface area contributed by atoms with Gasteiger partial charge in [0, 0.05) is 11.1 Å². The zero-order chi connectivity index (χ0) is 14.7. The number of rotatable bonds is 4. The van der Waals surface area contributed by atoms with Gasteiger partial charge in [-0.2, -0.15) is 0 Å². The number of hydrogen-bond acceptors (Lipinski definition) is 5. The summed E-state index contributed by atoms with van der Waals surface area (Å²) in [5, 5.41) is 0. The van der Waals surface area contributed by atoms with E-state index in [9.17, 15) is 9.59 Å². The van der Waals surface area contributed by atoms with Crippen molar-refractivity contribution in [2.24, 2.45) is 0 Å². The van der Waals surface area contributed by atoms with Crippen LogP contribution in [0.1, 0.15) is 5.56 Å². The summed E-state index contributed by atoms with van der Waals surface area (Å²) in [7, 11) is 4.45. The third-order valence-electron chi connectivity index (χ3n) is 2.95. The molecule has 5 nitrogen and oxygen atoms in total. The van der Waals surface area contributed by atoms with Gasteiger partial charge in [0.1, 0.15) is 0 Å². The number of benzene rings is 1. The van der Waals surface area contributed by atoms with Gasteiger partial charge < -0.3 is 14.2 Å². The van der Waals surface area contributed by atoms with E-state index in [0.29, 0.717) is 22.8 Å². The maximum Gasteiger partial charge on any atom is 0.203 e. The molecule has 1 aromatic rings. The second kappa shape index (κ2) is 5.61. The van der Waals surface area contributed by atoms with Crippen molar-refractivity contribution in [1.29, 1.82) is 0 Å². The highest BCUT2D eigenvalue weighted by Crippen LogP contribution is 2.42. The van der Waals surface area contributed by atoms with Crippen LogP contribution in [0.25, 0.3) is 5.57 Å². The van der Waals surface area contributed by atoms with Crippen LogP contribution >= 0.6 is 0 Å². The Morgan fingerprint density at radius 1 is 0.850 bits per heavy atom. The maximum absolute atomic E-state index is 11.9. The molecule has 104 valence electrons. The minimum absolute atomic E-state index is 0.239. The number of carbonyl (C=O) groups excluding carboxylic acids is 2. The van der Waals surface area contributed by atoms with Gasteiger partial charge in [-0.3, -0.25) is 9.59 Å². The molecule has 0 radical (unpaired) electrons. The van der Waals surface area contributed by atoms with E-state index in [-0.39, 0.29) is 17.1 Å². The molecule has 1 aromatic carbocycles. The highest BCUT2D eigenvalue weighted by Gasteiger charge is 2.23. The van der Waals surface area contributed by atoms with Crippen LogP contribution in [0.2, 0.25) is 0 Å². The zero-order valence-corrected chi connectivity index (χ0v) is 11.4. The molecular formula is C15H14O5. The molecule has 0 atom stereocenters. The molecule has 2 rings (SSSR count). The van der Waals surface area contributed by atoms with Crippen LogP contribution in [0, 0.1) is 0 Å². The highest BCUT2D eigenvalue weighted by atomic mass is 16.5. The van der Waals surface area contributed by atoms with Gasteiger partial charge in [0.15, 0.2) is 23.1 Å². The van der Waals surface area contributed by atoms with E-state index in [2.05, 4.69) is 0 Å². The van der Waals surface area contributed by atoms with E-state index in [0.717, 1.165) is 0 Å². The second-order valence-electron chi connectivity index (χ2n) is 4.04. The van der Waals surface area contributed by atoms with Crippen molar-refractivity contribution in [1.82, 2.24) is 0 Å². The molecule has 0 fully saturated rings. The number of methoxy groups -OCH3 is 3. The van der Waals surface area contributed by atoms with E-state index < -0.39 is 0 Å². The van der Waals surface area contributed by atoms with Gasteiger partial charge >= 0.3 is 0 Å². The van der Waals surface area contributed by atoms with Crippen molar-refractivity contribution in [3.8, 4) is 17.2 Å². The highest BCUT2D eigenvalue weighted by molar-refractivity contribution is 6.34. The Balaban J connectivity index is 2.63. The van der Waals surface area contributed by atoms with Crippen molar-refractivity contribution in [3.05, 3.63) is 35.9 Å². The number of hydrogen-bond donors (Lipinski definition) is 0. The zero-order valence-electron chi connectivity index (χ0n) is 11.4. The number of carbonyl (C=O) groups is 2. The SMILES string of the molecule is COc1ccc(C2=CC(=O)C=CC2=O)c(OC)c1OC. The first-order valence-electron chi connectivity index (χ1n) is 5.89. The average molecular weight is 274 g/mol. The maximum atomic E-state index is 11.9. The summed E-state index contributed by atoms with van der Waals surface area (Å²) in [5.41, 5.74) is 0.767. The van der Waals surface area contributed by atoms with Crippen LogP contribution < -0.4 is 14.2 Å². The Labute approximate surface area is 116 Å². The van der Waals surface area contributed by atoms with E-state index in [1.165, 1.54) is 39.6 Å². The average Bonchev–Trinajstić information content (AvgIpc) is 2.47. The first-order chi connectivity index (χ1) is 9.62. The standard InChI is InChI=1S/C15H14O5/c1-18-13-7-5-10(14(19-2)15(13)20-3)11-8-9(16)4-6-12(11)17/h4-8H,1-3H3. The summed E-state index contributed by atoms with van der Waals surface area (Å²) in [6.07, 6.45) is 3.76. The quantitative estimate of drug-likeness (QED) is 0.783. The molecule has 0 heterocycles. The van der Waals surface area contributed by atoms with E-state index >= 15 is 0 Å². The van der Waals surface area contributed by atoms with Crippen molar-refractivity contribution in [2.45, 2.75) is 0 Å². The summed E-state index contributed by atoms with van der Waals surface area (Å²) in [4.78, 5) is 23.4. The minimum Gasteiger partial charge on any atom is -0.493 e. The van der Waals surface area contributed by atoms with Gasteiger partial charge in [-0.05, 0) is 30.4 Å². The van der Waals surface area contributed by atoms with Crippen LogP contribution in [-0.2, 0) is 9.59 Å². The summed E-state index contributed by atoms with van der Waals surface area (Å²) in [5.74, 6) is 0.725. The predicted molar refractivity (Wildman–Crippen MR) is 73.2 cm³/mol. The molecule has 0 spiro atoms. The smallest absolute Gasteiger partial charge is 0.203 e. The van der Waals surface area contributed by atoms with Gasteiger partial charge in [0.05, 0.1) is 21.3 Å². The van der Waals surface area contributed by atoms with Gasteiger partial charge in [-0.1, -0.05) is 0 Å².